The summed E-state index contributed by atoms with van der Waals surface area (Å²) in [5.74, 6) is 2.12. The van der Waals surface area contributed by atoms with Gasteiger partial charge in [-0.05, 0) is 43.3 Å². The summed E-state index contributed by atoms with van der Waals surface area (Å²) in [6, 6.07) is 11.4. The molecule has 3 heterocycles. The van der Waals surface area contributed by atoms with Crippen molar-refractivity contribution in [2.24, 2.45) is 0 Å². The van der Waals surface area contributed by atoms with E-state index in [0.717, 1.165) is 35.7 Å². The van der Waals surface area contributed by atoms with Crippen molar-refractivity contribution in [3.8, 4) is 28.4 Å². The highest BCUT2D eigenvalue weighted by Crippen LogP contribution is 2.38. The largest absolute Gasteiger partial charge is 0.488 e. The Morgan fingerprint density at radius 1 is 1.00 bits per heavy atom. The third-order valence-corrected chi connectivity index (χ3v) is 4.57. The van der Waals surface area contributed by atoms with Crippen LogP contribution in [0.2, 0.25) is 0 Å². The number of ether oxygens (including phenoxy) is 2. The number of aromatic nitrogens is 3. The Balaban J connectivity index is 1.91. The molecule has 0 atom stereocenters. The second-order valence-electron chi connectivity index (χ2n) is 6.44. The number of morpholine rings is 1. The maximum absolute atomic E-state index is 6.04. The average Bonchev–Trinajstić information content (AvgIpc) is 2.76. The number of pyridine rings is 1. The van der Waals surface area contributed by atoms with E-state index < -0.39 is 0 Å². The predicted octanol–water partition coefficient (Wildman–Crippen LogP) is 3.02. The Hall–Kier alpha value is -3.19. The highest BCUT2D eigenvalue weighted by Gasteiger charge is 2.24. The topological polar surface area (TPSA) is 86.4 Å². The van der Waals surface area contributed by atoms with E-state index in [-0.39, 0.29) is 0 Å². The van der Waals surface area contributed by atoms with Gasteiger partial charge in [0, 0.05) is 42.3 Å². The number of nitrogens with zero attached hydrogens (tertiary/aromatic N) is 4. The molecule has 2 aromatic heterocycles. The molecule has 3 aromatic rings. The molecule has 1 saturated heterocycles. The summed E-state index contributed by atoms with van der Waals surface area (Å²) in [6.07, 6.45) is 3.51. The van der Waals surface area contributed by atoms with Gasteiger partial charge in [-0.15, -0.1) is 0 Å². The highest BCUT2D eigenvalue weighted by molar-refractivity contribution is 5.76. The standard InChI is InChI=1S/C21H23N5O2/c1-2-28-19-18(15-7-9-23-10-8-15)24-20(16-3-5-17(22)6-4-16)25-21(19)26-11-13-27-14-12-26/h3-10H,2,11-14,22H2,1H3. The summed E-state index contributed by atoms with van der Waals surface area (Å²) in [7, 11) is 0. The van der Waals surface area contributed by atoms with Gasteiger partial charge in [0.05, 0.1) is 19.8 Å². The van der Waals surface area contributed by atoms with Crippen LogP contribution in [0.5, 0.6) is 5.75 Å². The molecule has 0 amide bonds. The van der Waals surface area contributed by atoms with Gasteiger partial charge in [0.25, 0.3) is 0 Å². The molecule has 0 radical (unpaired) electrons. The number of hydrogen-bond acceptors (Lipinski definition) is 7. The first-order valence-electron chi connectivity index (χ1n) is 9.40. The summed E-state index contributed by atoms with van der Waals surface area (Å²) in [5.41, 5.74) is 9.15. The monoisotopic (exact) mass is 377 g/mol. The minimum absolute atomic E-state index is 0.528. The summed E-state index contributed by atoms with van der Waals surface area (Å²) in [6.45, 7) is 5.34. The molecule has 0 aliphatic carbocycles. The van der Waals surface area contributed by atoms with Gasteiger partial charge in [-0.25, -0.2) is 9.97 Å². The molecule has 0 bridgehead atoms. The molecule has 144 valence electrons. The Labute approximate surface area is 164 Å². The summed E-state index contributed by atoms with van der Waals surface area (Å²) < 4.78 is 11.6. The first-order chi connectivity index (χ1) is 13.8. The maximum Gasteiger partial charge on any atom is 0.188 e. The van der Waals surface area contributed by atoms with Crippen molar-refractivity contribution < 1.29 is 9.47 Å². The SMILES string of the molecule is CCOc1c(-c2ccncc2)nc(-c2ccc(N)cc2)nc1N1CCOCC1. The number of nitrogen functional groups attached to an aromatic ring is 1. The quantitative estimate of drug-likeness (QED) is 0.684. The van der Waals surface area contributed by atoms with Crippen molar-refractivity contribution in [3.05, 3.63) is 48.8 Å². The lowest BCUT2D eigenvalue weighted by molar-refractivity contribution is 0.122. The lowest BCUT2D eigenvalue weighted by atomic mass is 10.1. The fourth-order valence-corrected chi connectivity index (χ4v) is 3.17. The zero-order valence-electron chi connectivity index (χ0n) is 15.8. The minimum atomic E-state index is 0.528. The van der Waals surface area contributed by atoms with Crippen LogP contribution in [0.3, 0.4) is 0 Å². The van der Waals surface area contributed by atoms with E-state index in [9.17, 15) is 0 Å². The van der Waals surface area contributed by atoms with Crippen molar-refractivity contribution >= 4 is 11.5 Å². The molecule has 4 rings (SSSR count). The van der Waals surface area contributed by atoms with E-state index in [4.69, 9.17) is 25.2 Å². The first-order valence-corrected chi connectivity index (χ1v) is 9.40. The van der Waals surface area contributed by atoms with Gasteiger partial charge in [0.2, 0.25) is 0 Å². The van der Waals surface area contributed by atoms with Gasteiger partial charge in [0.1, 0.15) is 5.69 Å². The number of benzene rings is 1. The third-order valence-electron chi connectivity index (χ3n) is 4.57. The fraction of sp³-hybridized carbons (Fsp3) is 0.286. The van der Waals surface area contributed by atoms with Crippen LogP contribution in [0, 0.1) is 0 Å². The van der Waals surface area contributed by atoms with E-state index in [1.807, 2.05) is 43.3 Å². The second-order valence-corrected chi connectivity index (χ2v) is 6.44. The van der Waals surface area contributed by atoms with Crippen LogP contribution in [-0.2, 0) is 4.74 Å². The molecule has 0 saturated carbocycles. The van der Waals surface area contributed by atoms with Crippen LogP contribution in [-0.4, -0.2) is 47.9 Å². The van der Waals surface area contributed by atoms with Crippen molar-refractivity contribution in [1.29, 1.82) is 0 Å². The summed E-state index contributed by atoms with van der Waals surface area (Å²) in [5, 5.41) is 0. The lowest BCUT2D eigenvalue weighted by Crippen LogP contribution is -2.37. The lowest BCUT2D eigenvalue weighted by Gasteiger charge is -2.30. The molecule has 0 spiro atoms. The number of nitrogens with two attached hydrogens (primary N) is 1. The van der Waals surface area contributed by atoms with Gasteiger partial charge in [-0.3, -0.25) is 4.98 Å². The van der Waals surface area contributed by atoms with Crippen LogP contribution in [0.1, 0.15) is 6.92 Å². The van der Waals surface area contributed by atoms with E-state index in [2.05, 4.69) is 9.88 Å². The molecule has 1 fully saturated rings. The van der Waals surface area contributed by atoms with Crippen LogP contribution < -0.4 is 15.4 Å². The molecule has 7 heteroatoms. The van der Waals surface area contributed by atoms with E-state index in [0.29, 0.717) is 37.1 Å². The maximum atomic E-state index is 6.04. The van der Waals surface area contributed by atoms with E-state index in [1.165, 1.54) is 0 Å². The zero-order chi connectivity index (χ0) is 19.3. The Bertz CT molecular complexity index is 926. The molecule has 1 aliphatic rings. The summed E-state index contributed by atoms with van der Waals surface area (Å²) >= 11 is 0. The van der Waals surface area contributed by atoms with Crippen molar-refractivity contribution in [2.75, 3.05) is 43.5 Å². The molecular weight excluding hydrogens is 354 g/mol. The molecule has 28 heavy (non-hydrogen) atoms. The molecule has 1 aromatic carbocycles. The van der Waals surface area contributed by atoms with Crippen LogP contribution in [0.25, 0.3) is 22.6 Å². The molecular formula is C21H23N5O2. The number of hydrogen-bond donors (Lipinski definition) is 1. The van der Waals surface area contributed by atoms with E-state index in [1.54, 1.807) is 12.4 Å². The molecule has 7 nitrogen and oxygen atoms in total. The average molecular weight is 377 g/mol. The minimum Gasteiger partial charge on any atom is -0.488 e. The van der Waals surface area contributed by atoms with Crippen molar-refractivity contribution in [1.82, 2.24) is 15.0 Å². The van der Waals surface area contributed by atoms with Gasteiger partial charge in [0.15, 0.2) is 17.4 Å². The summed E-state index contributed by atoms with van der Waals surface area (Å²) in [4.78, 5) is 16.1. The Kier molecular flexibility index (Phi) is 5.34. The molecule has 2 N–H and O–H groups in total. The molecule has 0 unspecified atom stereocenters. The van der Waals surface area contributed by atoms with Gasteiger partial charge in [-0.1, -0.05) is 0 Å². The fourth-order valence-electron chi connectivity index (χ4n) is 3.17. The van der Waals surface area contributed by atoms with Crippen molar-refractivity contribution in [2.45, 2.75) is 6.92 Å². The molecule has 1 aliphatic heterocycles. The third kappa shape index (κ3) is 3.75. The van der Waals surface area contributed by atoms with Gasteiger partial charge >= 0.3 is 0 Å². The first kappa shape index (κ1) is 18.2. The smallest absolute Gasteiger partial charge is 0.188 e. The number of anilines is 2. The number of rotatable bonds is 5. The Morgan fingerprint density at radius 2 is 1.71 bits per heavy atom. The Morgan fingerprint density at radius 3 is 2.39 bits per heavy atom. The van der Waals surface area contributed by atoms with Crippen LogP contribution in [0.15, 0.2) is 48.8 Å². The van der Waals surface area contributed by atoms with E-state index >= 15 is 0 Å². The van der Waals surface area contributed by atoms with Crippen LogP contribution in [0.4, 0.5) is 11.5 Å². The second kappa shape index (κ2) is 8.22. The zero-order valence-corrected chi connectivity index (χ0v) is 15.8. The predicted molar refractivity (Wildman–Crippen MR) is 109 cm³/mol. The van der Waals surface area contributed by atoms with Gasteiger partial charge < -0.3 is 20.1 Å². The van der Waals surface area contributed by atoms with Crippen LogP contribution >= 0.6 is 0 Å². The normalized spacial score (nSPS) is 14.1. The van der Waals surface area contributed by atoms with Crippen molar-refractivity contribution in [3.63, 3.8) is 0 Å². The van der Waals surface area contributed by atoms with Gasteiger partial charge in [-0.2, -0.15) is 0 Å². The highest BCUT2D eigenvalue weighted by atomic mass is 16.5.